The molecule has 0 atom stereocenters. The summed E-state index contributed by atoms with van der Waals surface area (Å²) in [7, 11) is 0. The van der Waals surface area contributed by atoms with Crippen molar-refractivity contribution >= 4 is 0 Å². The van der Waals surface area contributed by atoms with Crippen molar-refractivity contribution in [1.29, 1.82) is 0 Å². The van der Waals surface area contributed by atoms with E-state index in [4.69, 9.17) is 0 Å². The second-order valence-electron chi connectivity index (χ2n) is 5.87. The van der Waals surface area contributed by atoms with Crippen LogP contribution in [0.3, 0.4) is 0 Å². The second kappa shape index (κ2) is 4.84. The van der Waals surface area contributed by atoms with E-state index >= 15 is 0 Å². The number of nitrogens with zero attached hydrogens (tertiary/aromatic N) is 1. The van der Waals surface area contributed by atoms with Crippen LogP contribution in [0.5, 0.6) is 0 Å². The molecule has 15 heavy (non-hydrogen) atoms. The lowest BCUT2D eigenvalue weighted by atomic mass is 9.82. The first-order chi connectivity index (χ1) is 6.91. The number of β-amino-alcohol motifs (C(OH)–C–C–N with tert-alkyl or cyclic N) is 1. The lowest BCUT2D eigenvalue weighted by molar-refractivity contribution is -0.0171. The molecule has 1 N–H and O–H groups in total. The Morgan fingerprint density at radius 1 is 1.13 bits per heavy atom. The van der Waals surface area contributed by atoms with Crippen LogP contribution in [0.25, 0.3) is 0 Å². The topological polar surface area (TPSA) is 23.5 Å². The highest BCUT2D eigenvalue weighted by Crippen LogP contribution is 2.30. The summed E-state index contributed by atoms with van der Waals surface area (Å²) in [5, 5.41) is 10.3. The summed E-state index contributed by atoms with van der Waals surface area (Å²) >= 11 is 0. The molecule has 0 aromatic heterocycles. The summed E-state index contributed by atoms with van der Waals surface area (Å²) in [6, 6.07) is 0. The van der Waals surface area contributed by atoms with Crippen molar-refractivity contribution in [3.63, 3.8) is 0 Å². The van der Waals surface area contributed by atoms with Crippen LogP contribution >= 0.6 is 0 Å². The zero-order valence-corrected chi connectivity index (χ0v) is 10.8. The molecule has 2 heteroatoms. The predicted octanol–water partition coefficient (Wildman–Crippen LogP) is 2.66. The highest BCUT2D eigenvalue weighted by molar-refractivity contribution is 4.84. The third-order valence-electron chi connectivity index (χ3n) is 4.04. The molecule has 0 aromatic carbocycles. The molecule has 1 rings (SSSR count). The van der Waals surface area contributed by atoms with Gasteiger partial charge < -0.3 is 10.0 Å². The van der Waals surface area contributed by atoms with Crippen LogP contribution in [-0.4, -0.2) is 35.2 Å². The van der Waals surface area contributed by atoms with Crippen LogP contribution in [0.4, 0.5) is 0 Å². The Balaban J connectivity index is 2.41. The van der Waals surface area contributed by atoms with E-state index in [0.717, 1.165) is 32.5 Å². The van der Waals surface area contributed by atoms with Gasteiger partial charge in [-0.1, -0.05) is 27.7 Å². The lowest BCUT2D eigenvalue weighted by Crippen LogP contribution is -2.46. The molecule has 1 aliphatic rings. The summed E-state index contributed by atoms with van der Waals surface area (Å²) in [6.07, 6.45) is 4.25. The molecule has 2 nitrogen and oxygen atoms in total. The van der Waals surface area contributed by atoms with Crippen molar-refractivity contribution in [2.45, 2.75) is 59.0 Å². The number of aliphatic hydroxyl groups is 1. The fraction of sp³-hybridized carbons (Fsp3) is 1.00. The first kappa shape index (κ1) is 13.0. The molecule has 0 bridgehead atoms. The van der Waals surface area contributed by atoms with Crippen molar-refractivity contribution in [1.82, 2.24) is 4.90 Å². The van der Waals surface area contributed by atoms with Crippen LogP contribution in [-0.2, 0) is 0 Å². The minimum Gasteiger partial charge on any atom is -0.389 e. The number of rotatable bonds is 4. The smallest absolute Gasteiger partial charge is 0.0768 e. The van der Waals surface area contributed by atoms with Crippen molar-refractivity contribution in [3.8, 4) is 0 Å². The van der Waals surface area contributed by atoms with Crippen LogP contribution in [0.15, 0.2) is 0 Å². The summed E-state index contributed by atoms with van der Waals surface area (Å²) in [5.41, 5.74) is 0.0501. The fourth-order valence-corrected chi connectivity index (χ4v) is 2.21. The summed E-state index contributed by atoms with van der Waals surface area (Å²) in [5.74, 6) is 0. The van der Waals surface area contributed by atoms with E-state index in [1.165, 1.54) is 12.8 Å². The van der Waals surface area contributed by atoms with E-state index in [0.29, 0.717) is 5.41 Å². The van der Waals surface area contributed by atoms with Gasteiger partial charge >= 0.3 is 0 Å². The Hall–Kier alpha value is -0.0800. The molecule has 0 spiro atoms. The second-order valence-corrected chi connectivity index (χ2v) is 5.87. The Labute approximate surface area is 94.7 Å². The molecule has 1 saturated heterocycles. The average Bonchev–Trinajstić information content (AvgIpc) is 2.21. The molecule has 90 valence electrons. The van der Waals surface area contributed by atoms with E-state index in [2.05, 4.69) is 32.6 Å². The minimum absolute atomic E-state index is 0.457. The monoisotopic (exact) mass is 213 g/mol. The van der Waals surface area contributed by atoms with E-state index in [9.17, 15) is 5.11 Å². The normalized spacial score (nSPS) is 23.0. The highest BCUT2D eigenvalue weighted by Gasteiger charge is 2.30. The van der Waals surface area contributed by atoms with Gasteiger partial charge in [-0.15, -0.1) is 0 Å². The van der Waals surface area contributed by atoms with E-state index < -0.39 is 5.60 Å². The Kier molecular flexibility index (Phi) is 4.19. The Morgan fingerprint density at radius 2 is 1.60 bits per heavy atom. The van der Waals surface area contributed by atoms with Gasteiger partial charge in [-0.3, -0.25) is 0 Å². The van der Waals surface area contributed by atoms with Crippen molar-refractivity contribution in [2.24, 2.45) is 5.41 Å². The lowest BCUT2D eigenvalue weighted by Gasteiger charge is -2.40. The summed E-state index contributed by atoms with van der Waals surface area (Å²) in [6.45, 7) is 12.0. The molecule has 0 saturated carbocycles. The predicted molar refractivity (Wildman–Crippen MR) is 65.0 cm³/mol. The van der Waals surface area contributed by atoms with Gasteiger partial charge in [0.1, 0.15) is 0 Å². The first-order valence-corrected chi connectivity index (χ1v) is 6.35. The molecule has 1 heterocycles. The van der Waals surface area contributed by atoms with Gasteiger partial charge in [0.15, 0.2) is 0 Å². The molecule has 1 aliphatic heterocycles. The van der Waals surface area contributed by atoms with Crippen molar-refractivity contribution in [2.75, 3.05) is 19.6 Å². The van der Waals surface area contributed by atoms with Gasteiger partial charge in [0.05, 0.1) is 5.60 Å². The maximum atomic E-state index is 10.3. The number of piperidine rings is 1. The molecule has 0 radical (unpaired) electrons. The molecule has 0 aromatic rings. The van der Waals surface area contributed by atoms with Crippen molar-refractivity contribution in [3.05, 3.63) is 0 Å². The van der Waals surface area contributed by atoms with E-state index in [1.54, 1.807) is 0 Å². The number of likely N-dealkylation sites (tertiary alicyclic amines) is 1. The van der Waals surface area contributed by atoms with Crippen LogP contribution in [0.1, 0.15) is 53.4 Å². The van der Waals surface area contributed by atoms with Gasteiger partial charge in [0.2, 0.25) is 0 Å². The zero-order chi connectivity index (χ0) is 11.5. The Bertz CT molecular complexity index is 187. The quantitative estimate of drug-likeness (QED) is 0.776. The van der Waals surface area contributed by atoms with Gasteiger partial charge in [0, 0.05) is 6.54 Å². The van der Waals surface area contributed by atoms with Crippen LogP contribution in [0.2, 0.25) is 0 Å². The molecule has 1 fully saturated rings. The van der Waals surface area contributed by atoms with E-state index in [-0.39, 0.29) is 0 Å². The third-order valence-corrected chi connectivity index (χ3v) is 4.04. The third kappa shape index (κ3) is 3.76. The SMILES string of the molecule is CCC(O)(CC)CN1CCC(C)(C)CC1. The first-order valence-electron chi connectivity index (χ1n) is 6.35. The van der Waals surface area contributed by atoms with Gasteiger partial charge in [-0.05, 0) is 44.2 Å². The fourth-order valence-electron chi connectivity index (χ4n) is 2.21. The van der Waals surface area contributed by atoms with E-state index in [1.807, 2.05) is 0 Å². The maximum Gasteiger partial charge on any atom is 0.0768 e. The zero-order valence-electron chi connectivity index (χ0n) is 10.8. The summed E-state index contributed by atoms with van der Waals surface area (Å²) in [4.78, 5) is 2.43. The van der Waals surface area contributed by atoms with Crippen molar-refractivity contribution < 1.29 is 5.11 Å². The number of hydrogen-bond donors (Lipinski definition) is 1. The van der Waals surface area contributed by atoms with Crippen LogP contribution < -0.4 is 0 Å². The standard InChI is InChI=1S/C13H27NO/c1-5-13(15,6-2)11-14-9-7-12(3,4)8-10-14/h15H,5-11H2,1-4H3. The van der Waals surface area contributed by atoms with Gasteiger partial charge in [0.25, 0.3) is 0 Å². The minimum atomic E-state index is -0.457. The van der Waals surface area contributed by atoms with Gasteiger partial charge in [-0.2, -0.15) is 0 Å². The summed E-state index contributed by atoms with van der Waals surface area (Å²) < 4.78 is 0. The number of hydrogen-bond acceptors (Lipinski definition) is 2. The Morgan fingerprint density at radius 3 is 2.00 bits per heavy atom. The molecular formula is C13H27NO. The molecule has 0 amide bonds. The maximum absolute atomic E-state index is 10.3. The molecular weight excluding hydrogens is 186 g/mol. The molecule has 0 unspecified atom stereocenters. The average molecular weight is 213 g/mol. The molecule has 0 aliphatic carbocycles. The van der Waals surface area contributed by atoms with Gasteiger partial charge in [-0.25, -0.2) is 0 Å². The van der Waals surface area contributed by atoms with Crippen LogP contribution in [0, 0.1) is 5.41 Å². The largest absolute Gasteiger partial charge is 0.389 e. The highest BCUT2D eigenvalue weighted by atomic mass is 16.3.